The highest BCUT2D eigenvalue weighted by atomic mass is 19.1. The van der Waals surface area contributed by atoms with Crippen LogP contribution in [-0.4, -0.2) is 16.7 Å². The Bertz CT molecular complexity index is 424. The third kappa shape index (κ3) is 2.85. The summed E-state index contributed by atoms with van der Waals surface area (Å²) >= 11 is 0. The molecule has 16 heavy (non-hydrogen) atoms. The topological polar surface area (TPSA) is 72.5 Å². The molecule has 0 radical (unpaired) electrons. The number of phenols is 1. The highest BCUT2D eigenvalue weighted by Crippen LogP contribution is 2.25. The molecule has 0 unspecified atom stereocenters. The Morgan fingerprint density at radius 1 is 1.44 bits per heavy atom. The van der Waals surface area contributed by atoms with Crippen LogP contribution in [0.1, 0.15) is 31.1 Å². The molecule has 3 N–H and O–H groups in total. The lowest BCUT2D eigenvalue weighted by molar-refractivity contribution is 0.00648. The van der Waals surface area contributed by atoms with Crippen LogP contribution in [0.4, 0.5) is 10.1 Å². The third-order valence-corrected chi connectivity index (χ3v) is 1.74. The molecule has 0 aromatic heterocycles. The van der Waals surface area contributed by atoms with Crippen LogP contribution in [0.25, 0.3) is 0 Å². The van der Waals surface area contributed by atoms with Crippen LogP contribution in [0.5, 0.6) is 5.75 Å². The van der Waals surface area contributed by atoms with Gasteiger partial charge in [0.25, 0.3) is 0 Å². The van der Waals surface area contributed by atoms with Gasteiger partial charge in [0.15, 0.2) is 0 Å². The molecular formula is C11H14FNO3. The zero-order chi connectivity index (χ0) is 12.5. The van der Waals surface area contributed by atoms with E-state index in [9.17, 15) is 9.18 Å². The Hall–Kier alpha value is -1.78. The van der Waals surface area contributed by atoms with Crippen LogP contribution in [0.15, 0.2) is 12.1 Å². The first-order valence-electron chi connectivity index (χ1n) is 4.72. The largest absolute Gasteiger partial charge is 0.506 e. The molecule has 1 aromatic rings. The Kier molecular flexibility index (Phi) is 3.07. The van der Waals surface area contributed by atoms with Crippen molar-refractivity contribution in [2.75, 3.05) is 5.73 Å². The van der Waals surface area contributed by atoms with Gasteiger partial charge in [0.05, 0.1) is 11.3 Å². The van der Waals surface area contributed by atoms with Crippen LogP contribution in [0.2, 0.25) is 0 Å². The highest BCUT2D eigenvalue weighted by molar-refractivity contribution is 5.91. The highest BCUT2D eigenvalue weighted by Gasteiger charge is 2.21. The summed E-state index contributed by atoms with van der Waals surface area (Å²) in [6.07, 6.45) is 0. The summed E-state index contributed by atoms with van der Waals surface area (Å²) in [5.41, 5.74) is 4.30. The normalized spacial score (nSPS) is 11.2. The van der Waals surface area contributed by atoms with Gasteiger partial charge in [-0.2, -0.15) is 0 Å². The van der Waals surface area contributed by atoms with Crippen molar-refractivity contribution in [1.82, 2.24) is 0 Å². The lowest BCUT2D eigenvalue weighted by atomic mass is 10.1. The molecule has 0 spiro atoms. The minimum atomic E-state index is -0.860. The number of benzene rings is 1. The summed E-state index contributed by atoms with van der Waals surface area (Å²) in [7, 11) is 0. The second kappa shape index (κ2) is 4.00. The maximum atomic E-state index is 13.3. The smallest absolute Gasteiger partial charge is 0.341 e. The number of nitrogens with two attached hydrogens (primary N) is 1. The summed E-state index contributed by atoms with van der Waals surface area (Å²) in [6, 6.07) is 1.84. The van der Waals surface area contributed by atoms with Gasteiger partial charge in [0.1, 0.15) is 17.2 Å². The maximum Gasteiger partial charge on any atom is 0.341 e. The molecule has 1 rings (SSSR count). The van der Waals surface area contributed by atoms with E-state index in [1.165, 1.54) is 0 Å². The van der Waals surface area contributed by atoms with E-state index in [1.807, 2.05) is 0 Å². The monoisotopic (exact) mass is 227 g/mol. The maximum absolute atomic E-state index is 13.3. The standard InChI is InChI=1S/C11H14FNO3/c1-11(2,3)16-10(15)6-4-8(13)9(14)5-7(6)12/h4-5,14H,13H2,1-3H3. The fourth-order valence-electron chi connectivity index (χ4n) is 1.07. The van der Waals surface area contributed by atoms with Crippen molar-refractivity contribution in [2.24, 2.45) is 0 Å². The van der Waals surface area contributed by atoms with E-state index >= 15 is 0 Å². The van der Waals surface area contributed by atoms with Gasteiger partial charge in [-0.1, -0.05) is 0 Å². The number of carbonyl (C=O) groups excluding carboxylic acids is 1. The number of esters is 1. The molecule has 4 nitrogen and oxygen atoms in total. The predicted octanol–water partition coefficient (Wildman–Crippen LogP) is 2.07. The van der Waals surface area contributed by atoms with Crippen molar-refractivity contribution in [3.05, 3.63) is 23.5 Å². The van der Waals surface area contributed by atoms with Crippen molar-refractivity contribution in [1.29, 1.82) is 0 Å². The molecular weight excluding hydrogens is 213 g/mol. The van der Waals surface area contributed by atoms with Gasteiger partial charge in [-0.25, -0.2) is 9.18 Å². The Morgan fingerprint density at radius 2 is 2.00 bits per heavy atom. The molecule has 0 aliphatic rings. The van der Waals surface area contributed by atoms with Crippen molar-refractivity contribution in [2.45, 2.75) is 26.4 Å². The van der Waals surface area contributed by atoms with Crippen LogP contribution in [-0.2, 0) is 4.74 Å². The average molecular weight is 227 g/mol. The summed E-state index contributed by atoms with van der Waals surface area (Å²) < 4.78 is 18.3. The molecule has 88 valence electrons. The van der Waals surface area contributed by atoms with E-state index < -0.39 is 23.1 Å². The quantitative estimate of drug-likeness (QED) is 0.437. The molecule has 5 heteroatoms. The zero-order valence-electron chi connectivity index (χ0n) is 9.37. The molecule has 0 atom stereocenters. The molecule has 0 amide bonds. The van der Waals surface area contributed by atoms with Crippen molar-refractivity contribution in [3.63, 3.8) is 0 Å². The average Bonchev–Trinajstić information content (AvgIpc) is 2.08. The summed E-state index contributed by atoms with van der Waals surface area (Å²) in [4.78, 5) is 11.5. The number of halogens is 1. The lowest BCUT2D eigenvalue weighted by Crippen LogP contribution is -2.24. The summed E-state index contributed by atoms with van der Waals surface area (Å²) in [5.74, 6) is -2.07. The van der Waals surface area contributed by atoms with E-state index in [1.54, 1.807) is 20.8 Å². The molecule has 1 aromatic carbocycles. The van der Waals surface area contributed by atoms with Crippen molar-refractivity contribution >= 4 is 11.7 Å². The minimum absolute atomic E-state index is 0.0674. The van der Waals surface area contributed by atoms with E-state index in [0.717, 1.165) is 12.1 Å². The Morgan fingerprint density at radius 3 is 2.50 bits per heavy atom. The molecule has 0 aliphatic heterocycles. The number of carbonyl (C=O) groups is 1. The fraction of sp³-hybridized carbons (Fsp3) is 0.364. The summed E-state index contributed by atoms with van der Waals surface area (Å²) in [6.45, 7) is 5.02. The number of hydrogen-bond donors (Lipinski definition) is 2. The first kappa shape index (κ1) is 12.3. The first-order chi connectivity index (χ1) is 7.20. The van der Waals surface area contributed by atoms with Gasteiger partial charge < -0.3 is 15.6 Å². The minimum Gasteiger partial charge on any atom is -0.506 e. The number of aromatic hydroxyl groups is 1. The molecule has 0 aliphatic carbocycles. The van der Waals surface area contributed by atoms with Gasteiger partial charge in [-0.05, 0) is 26.8 Å². The first-order valence-corrected chi connectivity index (χ1v) is 4.72. The number of phenolic OH excluding ortho intramolecular Hbond substituents is 1. The van der Waals surface area contributed by atoms with Crippen molar-refractivity contribution in [3.8, 4) is 5.75 Å². The fourth-order valence-corrected chi connectivity index (χ4v) is 1.07. The SMILES string of the molecule is CC(C)(C)OC(=O)c1cc(N)c(O)cc1F. The molecule has 0 heterocycles. The second-order valence-electron chi connectivity index (χ2n) is 4.39. The molecule has 0 saturated heterocycles. The Balaban J connectivity index is 3.05. The van der Waals surface area contributed by atoms with Gasteiger partial charge in [0, 0.05) is 6.07 Å². The predicted molar refractivity (Wildman–Crippen MR) is 57.6 cm³/mol. The number of hydrogen-bond acceptors (Lipinski definition) is 4. The van der Waals surface area contributed by atoms with Crippen LogP contribution >= 0.6 is 0 Å². The second-order valence-corrected chi connectivity index (χ2v) is 4.39. The zero-order valence-corrected chi connectivity index (χ0v) is 9.37. The third-order valence-electron chi connectivity index (χ3n) is 1.74. The van der Waals surface area contributed by atoms with Gasteiger partial charge in [0.2, 0.25) is 0 Å². The van der Waals surface area contributed by atoms with Gasteiger partial charge >= 0.3 is 5.97 Å². The van der Waals surface area contributed by atoms with Crippen LogP contribution in [0.3, 0.4) is 0 Å². The van der Waals surface area contributed by atoms with Crippen LogP contribution in [0, 0.1) is 5.82 Å². The van der Waals surface area contributed by atoms with E-state index in [2.05, 4.69) is 0 Å². The van der Waals surface area contributed by atoms with E-state index in [0.29, 0.717) is 0 Å². The lowest BCUT2D eigenvalue weighted by Gasteiger charge is -2.19. The van der Waals surface area contributed by atoms with E-state index in [4.69, 9.17) is 15.6 Å². The number of ether oxygens (including phenoxy) is 1. The number of nitrogen functional groups attached to an aromatic ring is 1. The Labute approximate surface area is 92.8 Å². The molecule has 0 saturated carbocycles. The van der Waals surface area contributed by atoms with E-state index in [-0.39, 0.29) is 11.3 Å². The summed E-state index contributed by atoms with van der Waals surface area (Å²) in [5, 5.41) is 9.12. The molecule has 0 bridgehead atoms. The van der Waals surface area contributed by atoms with Crippen LogP contribution < -0.4 is 5.73 Å². The van der Waals surface area contributed by atoms with Gasteiger partial charge in [-0.3, -0.25) is 0 Å². The number of rotatable bonds is 1. The van der Waals surface area contributed by atoms with Crippen molar-refractivity contribution < 1.29 is 19.0 Å². The number of anilines is 1. The molecule has 0 fully saturated rings. The van der Waals surface area contributed by atoms with Gasteiger partial charge in [-0.15, -0.1) is 0 Å².